The first-order valence-electron chi connectivity index (χ1n) is 6.52. The quantitative estimate of drug-likeness (QED) is 0.455. The molecular weight excluding hydrogens is 260 g/mol. The summed E-state index contributed by atoms with van der Waals surface area (Å²) in [7, 11) is 0. The Bertz CT molecular complexity index is 489. The van der Waals surface area contributed by atoms with Gasteiger partial charge < -0.3 is 10.4 Å². The maximum Gasteiger partial charge on any atom is 0.268 e. The normalized spacial score (nSPS) is 23.6. The highest BCUT2D eigenvalue weighted by atomic mass is 16.5. The molecule has 6 nitrogen and oxygen atoms in total. The van der Waals surface area contributed by atoms with Crippen LogP contribution < -0.4 is 10.8 Å². The maximum absolute atomic E-state index is 12.0. The standard InChI is InChI=1S/C14H18N2O4/c1-8(17)12(14(19)16-20)15-13(18)11-7-10(11)9-5-3-2-4-6-9/h2-6,8,10-12,17,20H,7H2,1H3,(H,15,18)(H,16,19)/t8-,10+,11-,12+/m1/s1. The van der Waals surface area contributed by atoms with Gasteiger partial charge in [-0.1, -0.05) is 30.3 Å². The number of hydrogen-bond donors (Lipinski definition) is 4. The van der Waals surface area contributed by atoms with Crippen molar-refractivity contribution >= 4 is 11.8 Å². The van der Waals surface area contributed by atoms with Crippen molar-refractivity contribution in [1.82, 2.24) is 10.8 Å². The van der Waals surface area contributed by atoms with Crippen LogP contribution in [-0.4, -0.2) is 34.3 Å². The van der Waals surface area contributed by atoms with E-state index in [1.54, 1.807) is 0 Å². The molecule has 0 radical (unpaired) electrons. The van der Waals surface area contributed by atoms with E-state index < -0.39 is 18.1 Å². The average Bonchev–Trinajstić information content (AvgIpc) is 3.25. The molecule has 4 N–H and O–H groups in total. The summed E-state index contributed by atoms with van der Waals surface area (Å²) in [4.78, 5) is 23.4. The molecule has 20 heavy (non-hydrogen) atoms. The molecular formula is C14H18N2O4. The summed E-state index contributed by atoms with van der Waals surface area (Å²) in [5, 5.41) is 20.5. The summed E-state index contributed by atoms with van der Waals surface area (Å²) in [6, 6.07) is 8.52. The topological polar surface area (TPSA) is 98.7 Å². The van der Waals surface area contributed by atoms with E-state index in [1.807, 2.05) is 30.3 Å². The van der Waals surface area contributed by atoms with E-state index in [1.165, 1.54) is 12.4 Å². The molecule has 0 aromatic heterocycles. The van der Waals surface area contributed by atoms with Crippen LogP contribution in [0.3, 0.4) is 0 Å². The molecule has 4 atom stereocenters. The summed E-state index contributed by atoms with van der Waals surface area (Å²) in [6.07, 6.45) is -0.358. The number of hydroxylamine groups is 1. The van der Waals surface area contributed by atoms with Crippen molar-refractivity contribution in [2.24, 2.45) is 5.92 Å². The molecule has 6 heteroatoms. The van der Waals surface area contributed by atoms with Gasteiger partial charge in [0.15, 0.2) is 0 Å². The smallest absolute Gasteiger partial charge is 0.268 e. The van der Waals surface area contributed by atoms with Crippen LogP contribution in [0.1, 0.15) is 24.8 Å². The van der Waals surface area contributed by atoms with Crippen LogP contribution in [0.25, 0.3) is 0 Å². The van der Waals surface area contributed by atoms with Gasteiger partial charge in [-0.2, -0.15) is 0 Å². The fourth-order valence-corrected chi connectivity index (χ4v) is 2.29. The van der Waals surface area contributed by atoms with Gasteiger partial charge in [-0.25, -0.2) is 5.48 Å². The van der Waals surface area contributed by atoms with Gasteiger partial charge in [-0.15, -0.1) is 0 Å². The second kappa shape index (κ2) is 6.02. The molecule has 0 saturated heterocycles. The van der Waals surface area contributed by atoms with Crippen LogP contribution in [0, 0.1) is 5.92 Å². The van der Waals surface area contributed by atoms with Gasteiger partial charge in [0.1, 0.15) is 6.04 Å². The monoisotopic (exact) mass is 278 g/mol. The second-order valence-corrected chi connectivity index (χ2v) is 5.06. The molecule has 1 aliphatic carbocycles. The predicted molar refractivity (Wildman–Crippen MR) is 70.8 cm³/mol. The Balaban J connectivity index is 1.95. The van der Waals surface area contributed by atoms with E-state index in [4.69, 9.17) is 5.21 Å². The van der Waals surface area contributed by atoms with Crippen molar-refractivity contribution in [3.63, 3.8) is 0 Å². The highest BCUT2D eigenvalue weighted by Gasteiger charge is 2.45. The fraction of sp³-hybridized carbons (Fsp3) is 0.429. The van der Waals surface area contributed by atoms with Crippen molar-refractivity contribution in [3.05, 3.63) is 35.9 Å². The number of hydrogen-bond acceptors (Lipinski definition) is 4. The lowest BCUT2D eigenvalue weighted by molar-refractivity contribution is -0.137. The first-order valence-corrected chi connectivity index (χ1v) is 6.52. The zero-order chi connectivity index (χ0) is 14.7. The Morgan fingerprint density at radius 3 is 2.50 bits per heavy atom. The van der Waals surface area contributed by atoms with Gasteiger partial charge >= 0.3 is 0 Å². The third kappa shape index (κ3) is 3.15. The minimum atomic E-state index is -1.15. The zero-order valence-corrected chi connectivity index (χ0v) is 11.1. The van der Waals surface area contributed by atoms with E-state index >= 15 is 0 Å². The van der Waals surface area contributed by atoms with Crippen LogP contribution in [0.5, 0.6) is 0 Å². The van der Waals surface area contributed by atoms with Crippen molar-refractivity contribution in [2.75, 3.05) is 0 Å². The van der Waals surface area contributed by atoms with Crippen molar-refractivity contribution in [3.8, 4) is 0 Å². The molecule has 1 aromatic carbocycles. The number of benzene rings is 1. The van der Waals surface area contributed by atoms with Gasteiger partial charge in [0.2, 0.25) is 5.91 Å². The molecule has 0 unspecified atom stereocenters. The number of nitrogens with one attached hydrogen (secondary N) is 2. The Kier molecular flexibility index (Phi) is 4.36. The van der Waals surface area contributed by atoms with Crippen LogP contribution >= 0.6 is 0 Å². The number of aliphatic hydroxyl groups is 1. The number of aliphatic hydroxyl groups excluding tert-OH is 1. The SMILES string of the molecule is C[C@@H](O)[C@H](NC(=O)[C@@H]1C[C@H]1c1ccccc1)C(=O)NO. The largest absolute Gasteiger partial charge is 0.391 e. The number of amides is 2. The lowest BCUT2D eigenvalue weighted by Gasteiger charge is -2.19. The summed E-state index contributed by atoms with van der Waals surface area (Å²) in [6.45, 7) is 1.38. The summed E-state index contributed by atoms with van der Waals surface area (Å²) in [5.74, 6) is -1.15. The molecule has 0 aliphatic heterocycles. The first-order chi connectivity index (χ1) is 9.54. The minimum Gasteiger partial charge on any atom is -0.391 e. The maximum atomic E-state index is 12.0. The first kappa shape index (κ1) is 14.5. The van der Waals surface area contributed by atoms with Crippen LogP contribution in [-0.2, 0) is 9.59 Å². The predicted octanol–water partition coefficient (Wildman–Crippen LogP) is 0.161. The Morgan fingerprint density at radius 1 is 1.30 bits per heavy atom. The molecule has 1 aliphatic rings. The summed E-state index contributed by atoms with van der Waals surface area (Å²) in [5.41, 5.74) is 2.53. The Morgan fingerprint density at radius 2 is 1.95 bits per heavy atom. The highest BCUT2D eigenvalue weighted by Crippen LogP contribution is 2.47. The van der Waals surface area contributed by atoms with E-state index in [9.17, 15) is 14.7 Å². The molecule has 1 aromatic rings. The second-order valence-electron chi connectivity index (χ2n) is 5.06. The molecule has 1 saturated carbocycles. The molecule has 108 valence electrons. The number of rotatable bonds is 5. The van der Waals surface area contributed by atoms with Gasteiger partial charge in [-0.3, -0.25) is 14.8 Å². The van der Waals surface area contributed by atoms with Gasteiger partial charge in [0.25, 0.3) is 5.91 Å². The molecule has 0 heterocycles. The van der Waals surface area contributed by atoms with Crippen molar-refractivity contribution in [2.45, 2.75) is 31.4 Å². The van der Waals surface area contributed by atoms with E-state index in [0.717, 1.165) is 12.0 Å². The van der Waals surface area contributed by atoms with E-state index in [-0.39, 0.29) is 17.7 Å². The van der Waals surface area contributed by atoms with Gasteiger partial charge in [0, 0.05) is 5.92 Å². The minimum absolute atomic E-state index is 0.156. The molecule has 1 fully saturated rings. The van der Waals surface area contributed by atoms with Crippen LogP contribution in [0.15, 0.2) is 30.3 Å². The Labute approximate surface area is 116 Å². The number of carbonyl (C=O) groups excluding carboxylic acids is 2. The van der Waals surface area contributed by atoms with Crippen LogP contribution in [0.2, 0.25) is 0 Å². The Hall–Kier alpha value is -1.92. The lowest BCUT2D eigenvalue weighted by atomic mass is 10.1. The third-order valence-electron chi connectivity index (χ3n) is 3.53. The van der Waals surface area contributed by atoms with E-state index in [0.29, 0.717) is 0 Å². The molecule has 0 bridgehead atoms. The third-order valence-corrected chi connectivity index (χ3v) is 3.53. The summed E-state index contributed by atoms with van der Waals surface area (Å²) >= 11 is 0. The van der Waals surface area contributed by atoms with Crippen molar-refractivity contribution in [1.29, 1.82) is 0 Å². The fourth-order valence-electron chi connectivity index (χ4n) is 2.29. The van der Waals surface area contributed by atoms with Gasteiger partial charge in [-0.05, 0) is 24.8 Å². The summed E-state index contributed by atoms with van der Waals surface area (Å²) < 4.78 is 0. The molecule has 0 spiro atoms. The van der Waals surface area contributed by atoms with Crippen molar-refractivity contribution < 1.29 is 19.9 Å². The highest BCUT2D eigenvalue weighted by molar-refractivity contribution is 5.90. The van der Waals surface area contributed by atoms with Crippen LogP contribution in [0.4, 0.5) is 0 Å². The zero-order valence-electron chi connectivity index (χ0n) is 11.1. The number of carbonyl (C=O) groups is 2. The van der Waals surface area contributed by atoms with E-state index in [2.05, 4.69) is 5.32 Å². The molecule has 2 rings (SSSR count). The molecule has 2 amide bonds. The average molecular weight is 278 g/mol. The van der Waals surface area contributed by atoms with Gasteiger partial charge in [0.05, 0.1) is 6.10 Å². The lowest BCUT2D eigenvalue weighted by Crippen LogP contribution is -2.52.